The average molecular weight is 346 g/mol. The Morgan fingerprint density at radius 3 is 2.45 bits per heavy atom. The van der Waals surface area contributed by atoms with E-state index in [4.69, 9.17) is 5.73 Å². The molecule has 122 valence electrons. The number of halogens is 1. The van der Waals surface area contributed by atoms with E-state index in [1.54, 1.807) is 0 Å². The highest BCUT2D eigenvalue weighted by atomic mass is 35.5. The minimum absolute atomic E-state index is 0. The van der Waals surface area contributed by atoms with Crippen molar-refractivity contribution in [3.05, 3.63) is 29.8 Å². The van der Waals surface area contributed by atoms with Crippen molar-refractivity contribution in [2.45, 2.75) is 48.7 Å². The molecule has 0 aliphatic carbocycles. The highest BCUT2D eigenvalue weighted by molar-refractivity contribution is 7.89. The van der Waals surface area contributed by atoms with E-state index in [0.717, 1.165) is 25.7 Å². The number of rotatable bonds is 4. The number of sulfonamides is 1. The third kappa shape index (κ3) is 3.60. The van der Waals surface area contributed by atoms with Gasteiger partial charge in [0.05, 0.1) is 4.90 Å². The van der Waals surface area contributed by atoms with Crippen LogP contribution < -0.4 is 15.8 Å². The highest BCUT2D eigenvalue weighted by Crippen LogP contribution is 2.27. The van der Waals surface area contributed by atoms with E-state index in [9.17, 15) is 13.2 Å². The Morgan fingerprint density at radius 2 is 1.86 bits per heavy atom. The Kier molecular flexibility index (Phi) is 5.11. The number of nitrogens with two attached hydrogens (primary N) is 1. The molecule has 0 saturated carbocycles. The Morgan fingerprint density at radius 1 is 1.23 bits per heavy atom. The van der Waals surface area contributed by atoms with Gasteiger partial charge in [-0.15, -0.1) is 12.4 Å². The van der Waals surface area contributed by atoms with E-state index in [0.29, 0.717) is 12.1 Å². The Balaban J connectivity index is 0.00000176. The fourth-order valence-electron chi connectivity index (χ4n) is 3.26. The summed E-state index contributed by atoms with van der Waals surface area (Å²) in [5.74, 6) is -0.632. The van der Waals surface area contributed by atoms with Gasteiger partial charge in [0.25, 0.3) is 0 Å². The molecular weight excluding hydrogens is 326 g/mol. The lowest BCUT2D eigenvalue weighted by molar-refractivity contribution is 0.1000. The zero-order valence-corrected chi connectivity index (χ0v) is 13.6. The number of hydrogen-bond acceptors (Lipinski definition) is 4. The van der Waals surface area contributed by atoms with Crippen molar-refractivity contribution in [2.24, 2.45) is 5.73 Å². The van der Waals surface area contributed by atoms with Gasteiger partial charge < -0.3 is 11.1 Å². The van der Waals surface area contributed by atoms with Crippen LogP contribution in [0.3, 0.4) is 0 Å². The molecule has 2 aliphatic rings. The van der Waals surface area contributed by atoms with Gasteiger partial charge in [-0.1, -0.05) is 6.07 Å². The number of hydrogen-bond donors (Lipinski definition) is 3. The predicted octanol–water partition coefficient (Wildman–Crippen LogP) is 0.769. The monoisotopic (exact) mass is 345 g/mol. The number of carbonyl (C=O) groups is 1. The van der Waals surface area contributed by atoms with E-state index in [-0.39, 0.29) is 28.9 Å². The first-order valence-electron chi connectivity index (χ1n) is 7.12. The first kappa shape index (κ1) is 17.2. The summed E-state index contributed by atoms with van der Waals surface area (Å²) in [6.07, 6.45) is 3.84. The summed E-state index contributed by atoms with van der Waals surface area (Å²) >= 11 is 0. The number of nitrogens with one attached hydrogen (secondary N) is 2. The van der Waals surface area contributed by atoms with Gasteiger partial charge in [0.1, 0.15) is 0 Å². The number of piperidine rings is 1. The lowest BCUT2D eigenvalue weighted by Gasteiger charge is -2.29. The minimum Gasteiger partial charge on any atom is -0.366 e. The fraction of sp³-hybridized carbons (Fsp3) is 0.500. The number of amides is 1. The van der Waals surface area contributed by atoms with Crippen molar-refractivity contribution in [1.82, 2.24) is 10.0 Å². The SMILES string of the molecule is Cl.NC(=O)c1cccc(S(=O)(=O)NC2CC3CCC(C2)N3)c1. The maximum absolute atomic E-state index is 12.4. The molecule has 0 radical (unpaired) electrons. The molecule has 6 nitrogen and oxygen atoms in total. The largest absolute Gasteiger partial charge is 0.366 e. The topological polar surface area (TPSA) is 101 Å². The van der Waals surface area contributed by atoms with Crippen LogP contribution in [0.4, 0.5) is 0 Å². The second-order valence-corrected chi connectivity index (χ2v) is 7.53. The predicted molar refractivity (Wildman–Crippen MR) is 85.5 cm³/mol. The maximum Gasteiger partial charge on any atom is 0.248 e. The van der Waals surface area contributed by atoms with Gasteiger partial charge >= 0.3 is 0 Å². The van der Waals surface area contributed by atoms with Crippen LogP contribution in [0.15, 0.2) is 29.2 Å². The smallest absolute Gasteiger partial charge is 0.248 e. The van der Waals surface area contributed by atoms with Crippen molar-refractivity contribution < 1.29 is 13.2 Å². The summed E-state index contributed by atoms with van der Waals surface area (Å²) < 4.78 is 27.6. The molecule has 0 spiro atoms. The maximum atomic E-state index is 12.4. The van der Waals surface area contributed by atoms with Crippen molar-refractivity contribution in [3.8, 4) is 0 Å². The van der Waals surface area contributed by atoms with Gasteiger partial charge in [-0.05, 0) is 43.9 Å². The van der Waals surface area contributed by atoms with Crippen LogP contribution in [0.5, 0.6) is 0 Å². The molecule has 2 atom stereocenters. The van der Waals surface area contributed by atoms with Crippen LogP contribution in [0.1, 0.15) is 36.0 Å². The number of benzene rings is 1. The van der Waals surface area contributed by atoms with E-state index in [2.05, 4.69) is 10.0 Å². The number of primary amides is 1. The third-order valence-electron chi connectivity index (χ3n) is 4.22. The van der Waals surface area contributed by atoms with Gasteiger partial charge in [0, 0.05) is 23.7 Å². The Labute approximate surface area is 136 Å². The van der Waals surface area contributed by atoms with Gasteiger partial charge in [0.2, 0.25) is 15.9 Å². The molecule has 1 aromatic rings. The lowest BCUT2D eigenvalue weighted by Crippen LogP contribution is -2.47. The minimum atomic E-state index is -3.62. The molecule has 2 fully saturated rings. The molecule has 0 aromatic heterocycles. The Hall–Kier alpha value is -1.15. The fourth-order valence-corrected chi connectivity index (χ4v) is 4.56. The molecule has 2 aliphatic heterocycles. The first-order valence-corrected chi connectivity index (χ1v) is 8.60. The van der Waals surface area contributed by atoms with E-state index >= 15 is 0 Å². The summed E-state index contributed by atoms with van der Waals surface area (Å²) in [7, 11) is -3.62. The van der Waals surface area contributed by atoms with Crippen molar-refractivity contribution in [2.75, 3.05) is 0 Å². The van der Waals surface area contributed by atoms with Gasteiger partial charge in [0.15, 0.2) is 0 Å². The van der Waals surface area contributed by atoms with Crippen LogP contribution in [0.2, 0.25) is 0 Å². The van der Waals surface area contributed by atoms with Crippen molar-refractivity contribution in [3.63, 3.8) is 0 Å². The second-order valence-electron chi connectivity index (χ2n) is 5.82. The summed E-state index contributed by atoms with van der Waals surface area (Å²) in [6, 6.07) is 6.60. The lowest BCUT2D eigenvalue weighted by atomic mass is 10.0. The average Bonchev–Trinajstić information content (AvgIpc) is 2.77. The van der Waals surface area contributed by atoms with Crippen LogP contribution in [0, 0.1) is 0 Å². The molecule has 22 heavy (non-hydrogen) atoms. The van der Waals surface area contributed by atoms with Gasteiger partial charge in [-0.3, -0.25) is 4.79 Å². The zero-order chi connectivity index (χ0) is 15.0. The standard InChI is InChI=1S/C14H19N3O3S.ClH/c15-14(18)9-2-1-3-13(6-9)21(19,20)17-12-7-10-4-5-11(8-12)16-10;/h1-3,6,10-12,16-17H,4-5,7-8H2,(H2,15,18);1H. The molecule has 8 heteroatoms. The zero-order valence-electron chi connectivity index (χ0n) is 12.0. The van der Waals surface area contributed by atoms with Crippen LogP contribution >= 0.6 is 12.4 Å². The summed E-state index contributed by atoms with van der Waals surface area (Å²) in [6.45, 7) is 0. The van der Waals surface area contributed by atoms with E-state index in [1.165, 1.54) is 24.3 Å². The summed E-state index contributed by atoms with van der Waals surface area (Å²) in [4.78, 5) is 11.3. The second kappa shape index (κ2) is 6.54. The molecule has 4 N–H and O–H groups in total. The number of fused-ring (bicyclic) bond motifs is 2. The van der Waals surface area contributed by atoms with Crippen LogP contribution in [-0.2, 0) is 10.0 Å². The molecule has 1 aromatic carbocycles. The van der Waals surface area contributed by atoms with Crippen LogP contribution in [-0.4, -0.2) is 32.5 Å². The molecule has 2 saturated heterocycles. The molecule has 3 rings (SSSR count). The van der Waals surface area contributed by atoms with Gasteiger partial charge in [-0.25, -0.2) is 13.1 Å². The molecule has 2 unspecified atom stereocenters. The molecule has 2 bridgehead atoms. The summed E-state index contributed by atoms with van der Waals surface area (Å²) in [5.41, 5.74) is 5.39. The molecule has 2 heterocycles. The third-order valence-corrected chi connectivity index (χ3v) is 5.74. The van der Waals surface area contributed by atoms with Gasteiger partial charge in [-0.2, -0.15) is 0 Å². The molecule has 1 amide bonds. The quantitative estimate of drug-likeness (QED) is 0.750. The van der Waals surface area contributed by atoms with Crippen molar-refractivity contribution in [1.29, 1.82) is 0 Å². The van der Waals surface area contributed by atoms with Crippen LogP contribution in [0.25, 0.3) is 0 Å². The molecular formula is C14H20ClN3O3S. The highest BCUT2D eigenvalue weighted by Gasteiger charge is 2.35. The summed E-state index contributed by atoms with van der Waals surface area (Å²) in [5, 5.41) is 3.47. The first-order chi connectivity index (χ1) is 9.94. The van der Waals surface area contributed by atoms with E-state index < -0.39 is 15.9 Å². The number of carbonyl (C=O) groups excluding carboxylic acids is 1. The normalized spacial score (nSPS) is 27.2. The van der Waals surface area contributed by atoms with Crippen molar-refractivity contribution >= 4 is 28.3 Å². The van der Waals surface area contributed by atoms with E-state index in [1.807, 2.05) is 0 Å². The Bertz CT molecular complexity index is 653.